The Labute approximate surface area is 169 Å². The maximum Gasteiger partial charge on any atom is 0.138 e. The van der Waals surface area contributed by atoms with Crippen LogP contribution in [0.25, 0.3) is 10.8 Å². The van der Waals surface area contributed by atoms with Gasteiger partial charge in [0.1, 0.15) is 23.3 Å². The fourth-order valence-corrected chi connectivity index (χ4v) is 3.42. The SMILES string of the molecule is CC1COCCN1CCOc1ccc2c(Nc3ccc(Cl)nc3)nccc2c1. The third-order valence-corrected chi connectivity index (χ3v) is 5.10. The average Bonchev–Trinajstić information content (AvgIpc) is 2.71. The van der Waals surface area contributed by atoms with Crippen LogP contribution < -0.4 is 10.1 Å². The summed E-state index contributed by atoms with van der Waals surface area (Å²) in [6.07, 6.45) is 3.47. The molecule has 1 aliphatic heterocycles. The second-order valence-corrected chi connectivity index (χ2v) is 7.23. The largest absolute Gasteiger partial charge is 0.492 e. The van der Waals surface area contributed by atoms with E-state index in [1.54, 1.807) is 18.5 Å². The minimum atomic E-state index is 0.441. The van der Waals surface area contributed by atoms with E-state index >= 15 is 0 Å². The van der Waals surface area contributed by atoms with Gasteiger partial charge in [0.05, 0.1) is 25.1 Å². The molecule has 1 N–H and O–H groups in total. The smallest absolute Gasteiger partial charge is 0.138 e. The number of aromatic nitrogens is 2. The summed E-state index contributed by atoms with van der Waals surface area (Å²) in [5.74, 6) is 1.63. The van der Waals surface area contributed by atoms with Gasteiger partial charge in [-0.15, -0.1) is 0 Å². The summed E-state index contributed by atoms with van der Waals surface area (Å²) in [6, 6.07) is 12.1. The highest BCUT2D eigenvalue weighted by Gasteiger charge is 2.18. The van der Waals surface area contributed by atoms with Gasteiger partial charge in [0, 0.05) is 30.7 Å². The third kappa shape index (κ3) is 4.52. The first kappa shape index (κ1) is 18.9. The van der Waals surface area contributed by atoms with Gasteiger partial charge in [-0.2, -0.15) is 0 Å². The van der Waals surface area contributed by atoms with Crippen LogP contribution in [-0.4, -0.2) is 53.8 Å². The zero-order chi connectivity index (χ0) is 19.3. The molecule has 0 bridgehead atoms. The van der Waals surface area contributed by atoms with Crippen LogP contribution >= 0.6 is 11.6 Å². The summed E-state index contributed by atoms with van der Waals surface area (Å²) in [7, 11) is 0. The Hall–Kier alpha value is -2.41. The van der Waals surface area contributed by atoms with Crippen molar-refractivity contribution in [3.8, 4) is 5.75 Å². The number of anilines is 2. The average molecular weight is 399 g/mol. The monoisotopic (exact) mass is 398 g/mol. The van der Waals surface area contributed by atoms with Crippen molar-refractivity contribution >= 4 is 33.9 Å². The molecule has 3 aromatic rings. The minimum absolute atomic E-state index is 0.441. The summed E-state index contributed by atoms with van der Waals surface area (Å²) in [5.41, 5.74) is 0.837. The van der Waals surface area contributed by atoms with Gasteiger partial charge in [-0.3, -0.25) is 4.90 Å². The Balaban J connectivity index is 1.43. The van der Waals surface area contributed by atoms with Crippen molar-refractivity contribution in [3.05, 3.63) is 53.9 Å². The van der Waals surface area contributed by atoms with E-state index in [1.165, 1.54) is 0 Å². The molecule has 0 spiro atoms. The molecule has 1 saturated heterocycles. The molecule has 0 radical (unpaired) electrons. The maximum atomic E-state index is 5.99. The summed E-state index contributed by atoms with van der Waals surface area (Å²) in [5, 5.41) is 5.84. The van der Waals surface area contributed by atoms with Crippen LogP contribution in [-0.2, 0) is 4.74 Å². The zero-order valence-corrected chi connectivity index (χ0v) is 16.5. The molecule has 1 atom stereocenters. The fourth-order valence-electron chi connectivity index (χ4n) is 3.31. The number of benzene rings is 1. The summed E-state index contributed by atoms with van der Waals surface area (Å²) in [4.78, 5) is 10.9. The van der Waals surface area contributed by atoms with E-state index in [1.807, 2.05) is 30.3 Å². The minimum Gasteiger partial charge on any atom is -0.492 e. The molecular weight excluding hydrogens is 376 g/mol. The van der Waals surface area contributed by atoms with Gasteiger partial charge in [-0.05, 0) is 48.7 Å². The van der Waals surface area contributed by atoms with Crippen molar-refractivity contribution in [2.75, 3.05) is 38.2 Å². The first-order valence-corrected chi connectivity index (χ1v) is 9.79. The van der Waals surface area contributed by atoms with Gasteiger partial charge < -0.3 is 14.8 Å². The Bertz CT molecular complexity index is 935. The highest BCUT2D eigenvalue weighted by Crippen LogP contribution is 2.27. The van der Waals surface area contributed by atoms with Gasteiger partial charge in [-0.25, -0.2) is 9.97 Å². The van der Waals surface area contributed by atoms with Crippen LogP contribution in [0.15, 0.2) is 48.8 Å². The highest BCUT2D eigenvalue weighted by molar-refractivity contribution is 6.29. The molecule has 7 heteroatoms. The molecule has 1 aromatic carbocycles. The van der Waals surface area contributed by atoms with Crippen LogP contribution in [0.4, 0.5) is 11.5 Å². The van der Waals surface area contributed by atoms with E-state index in [2.05, 4.69) is 27.1 Å². The lowest BCUT2D eigenvalue weighted by Crippen LogP contribution is -2.45. The van der Waals surface area contributed by atoms with E-state index in [0.717, 1.165) is 54.3 Å². The second kappa shape index (κ2) is 8.73. The topological polar surface area (TPSA) is 59.5 Å². The zero-order valence-electron chi connectivity index (χ0n) is 15.8. The van der Waals surface area contributed by atoms with Crippen molar-refractivity contribution < 1.29 is 9.47 Å². The van der Waals surface area contributed by atoms with Crippen molar-refractivity contribution in [2.45, 2.75) is 13.0 Å². The quantitative estimate of drug-likeness (QED) is 0.630. The molecule has 0 saturated carbocycles. The van der Waals surface area contributed by atoms with E-state index < -0.39 is 0 Å². The van der Waals surface area contributed by atoms with E-state index in [-0.39, 0.29) is 0 Å². The predicted octanol–water partition coefficient (Wildman–Crippen LogP) is 4.13. The molecule has 6 nitrogen and oxygen atoms in total. The fraction of sp³-hybridized carbons (Fsp3) is 0.333. The normalized spacial score (nSPS) is 17.6. The van der Waals surface area contributed by atoms with Crippen LogP contribution in [0, 0.1) is 0 Å². The molecule has 1 fully saturated rings. The Kier molecular flexibility index (Phi) is 5.90. The molecule has 0 amide bonds. The third-order valence-electron chi connectivity index (χ3n) is 4.88. The molecule has 1 unspecified atom stereocenters. The van der Waals surface area contributed by atoms with E-state index in [4.69, 9.17) is 21.1 Å². The number of hydrogen-bond donors (Lipinski definition) is 1. The molecule has 1 aliphatic rings. The lowest BCUT2D eigenvalue weighted by Gasteiger charge is -2.32. The molecule has 28 heavy (non-hydrogen) atoms. The molecule has 4 rings (SSSR count). The first-order chi connectivity index (χ1) is 13.7. The van der Waals surface area contributed by atoms with Crippen molar-refractivity contribution in [3.63, 3.8) is 0 Å². The lowest BCUT2D eigenvalue weighted by atomic mass is 10.1. The second-order valence-electron chi connectivity index (χ2n) is 6.85. The van der Waals surface area contributed by atoms with E-state index in [9.17, 15) is 0 Å². The molecule has 0 aliphatic carbocycles. The van der Waals surface area contributed by atoms with Gasteiger partial charge in [0.15, 0.2) is 0 Å². The first-order valence-electron chi connectivity index (χ1n) is 9.41. The molecular formula is C21H23ClN4O2. The maximum absolute atomic E-state index is 5.99. The number of pyridine rings is 2. The van der Waals surface area contributed by atoms with Gasteiger partial charge in [0.25, 0.3) is 0 Å². The summed E-state index contributed by atoms with van der Waals surface area (Å²) < 4.78 is 11.5. The van der Waals surface area contributed by atoms with Crippen molar-refractivity contribution in [1.29, 1.82) is 0 Å². The van der Waals surface area contributed by atoms with Gasteiger partial charge >= 0.3 is 0 Å². The Morgan fingerprint density at radius 3 is 3.00 bits per heavy atom. The summed E-state index contributed by atoms with van der Waals surface area (Å²) >= 11 is 5.85. The number of fused-ring (bicyclic) bond motifs is 1. The number of rotatable bonds is 6. The number of morpholine rings is 1. The molecule has 146 valence electrons. The van der Waals surface area contributed by atoms with Gasteiger partial charge in [0.2, 0.25) is 0 Å². The van der Waals surface area contributed by atoms with Crippen LogP contribution in [0.3, 0.4) is 0 Å². The number of nitrogens with zero attached hydrogens (tertiary/aromatic N) is 3. The Morgan fingerprint density at radius 1 is 1.25 bits per heavy atom. The van der Waals surface area contributed by atoms with Crippen molar-refractivity contribution in [1.82, 2.24) is 14.9 Å². The van der Waals surface area contributed by atoms with E-state index in [0.29, 0.717) is 17.8 Å². The lowest BCUT2D eigenvalue weighted by molar-refractivity contribution is -0.00513. The van der Waals surface area contributed by atoms with Crippen molar-refractivity contribution in [2.24, 2.45) is 0 Å². The predicted molar refractivity (Wildman–Crippen MR) is 112 cm³/mol. The number of hydrogen-bond acceptors (Lipinski definition) is 6. The number of ether oxygens (including phenoxy) is 2. The standard InChI is InChI=1S/C21H23ClN4O2/c1-15-14-27-10-8-26(15)9-11-28-18-3-4-19-16(12-18)6-7-23-21(19)25-17-2-5-20(22)24-13-17/h2-7,12-13,15H,8-11,14H2,1H3,(H,23,25). The molecule has 3 heterocycles. The molecule has 2 aromatic heterocycles. The number of nitrogens with one attached hydrogen (secondary N) is 1. The van der Waals surface area contributed by atoms with Crippen LogP contribution in [0.5, 0.6) is 5.75 Å². The van der Waals surface area contributed by atoms with Gasteiger partial charge in [-0.1, -0.05) is 11.6 Å². The Morgan fingerprint density at radius 2 is 2.18 bits per heavy atom. The van der Waals surface area contributed by atoms with Crippen LogP contribution in [0.2, 0.25) is 5.15 Å². The van der Waals surface area contributed by atoms with Crippen LogP contribution in [0.1, 0.15) is 6.92 Å². The summed E-state index contributed by atoms with van der Waals surface area (Å²) in [6.45, 7) is 6.29. The highest BCUT2D eigenvalue weighted by atomic mass is 35.5. The number of halogens is 1.